The Labute approximate surface area is 159 Å². The summed E-state index contributed by atoms with van der Waals surface area (Å²) in [4.78, 5) is 15.1. The van der Waals surface area contributed by atoms with Gasteiger partial charge in [0.1, 0.15) is 5.69 Å². The van der Waals surface area contributed by atoms with Crippen LogP contribution in [0.15, 0.2) is 79.0 Å². The number of carbonyl (C=O) groups excluding carboxylic acids is 1. The van der Waals surface area contributed by atoms with Crippen LogP contribution in [-0.4, -0.2) is 33.7 Å². The van der Waals surface area contributed by atoms with E-state index in [4.69, 9.17) is 5.10 Å². The molecule has 0 aliphatic carbocycles. The predicted octanol–water partition coefficient (Wildman–Crippen LogP) is 4.39. The van der Waals surface area contributed by atoms with Crippen LogP contribution in [-0.2, 0) is 6.54 Å². The smallest absolute Gasteiger partial charge is 0.257 e. The standard InChI is InChI=1S/C23H23N3O/c1-18-12-14-25(15-13-18)23(27)21-17-26(16-19-8-4-2-5-9-19)24-22(21)20-10-6-3-7-11-20/h2-11,17H,1,12-16H2. The molecule has 4 nitrogen and oxygen atoms in total. The molecule has 0 spiro atoms. The molecule has 1 amide bonds. The van der Waals surface area contributed by atoms with Gasteiger partial charge in [0, 0.05) is 24.8 Å². The highest BCUT2D eigenvalue weighted by molar-refractivity contribution is 5.99. The van der Waals surface area contributed by atoms with Crippen molar-refractivity contribution >= 4 is 5.91 Å². The number of carbonyl (C=O) groups is 1. The van der Waals surface area contributed by atoms with E-state index in [-0.39, 0.29) is 5.91 Å². The van der Waals surface area contributed by atoms with Crippen LogP contribution in [0.4, 0.5) is 0 Å². The Bertz CT molecular complexity index is 934. The Hall–Kier alpha value is -3.14. The van der Waals surface area contributed by atoms with Gasteiger partial charge in [-0.2, -0.15) is 5.10 Å². The zero-order valence-electron chi connectivity index (χ0n) is 15.3. The Balaban J connectivity index is 1.68. The second-order valence-corrected chi connectivity index (χ2v) is 6.98. The van der Waals surface area contributed by atoms with Gasteiger partial charge in [-0.1, -0.05) is 72.8 Å². The summed E-state index contributed by atoms with van der Waals surface area (Å²) in [5.41, 5.74) is 4.77. The van der Waals surface area contributed by atoms with E-state index in [0.29, 0.717) is 12.1 Å². The lowest BCUT2D eigenvalue weighted by atomic mass is 10.0. The van der Waals surface area contributed by atoms with Crippen molar-refractivity contribution in [2.24, 2.45) is 0 Å². The maximum Gasteiger partial charge on any atom is 0.257 e. The van der Waals surface area contributed by atoms with Crippen molar-refractivity contribution in [2.45, 2.75) is 19.4 Å². The van der Waals surface area contributed by atoms with Crippen molar-refractivity contribution in [3.63, 3.8) is 0 Å². The second kappa shape index (κ2) is 7.62. The number of aromatic nitrogens is 2. The monoisotopic (exact) mass is 357 g/mol. The van der Waals surface area contributed by atoms with Crippen LogP contribution in [0, 0.1) is 0 Å². The largest absolute Gasteiger partial charge is 0.338 e. The summed E-state index contributed by atoms with van der Waals surface area (Å²) >= 11 is 0. The Morgan fingerprint density at radius 1 is 0.963 bits per heavy atom. The molecule has 0 bridgehead atoms. The van der Waals surface area contributed by atoms with Gasteiger partial charge in [0.2, 0.25) is 0 Å². The fraction of sp³-hybridized carbons (Fsp3) is 0.217. The molecule has 4 heteroatoms. The average molecular weight is 357 g/mol. The third-order valence-corrected chi connectivity index (χ3v) is 4.98. The molecule has 0 atom stereocenters. The second-order valence-electron chi connectivity index (χ2n) is 6.98. The molecule has 3 aromatic rings. The van der Waals surface area contributed by atoms with E-state index < -0.39 is 0 Å². The SMILES string of the molecule is C=C1CCN(C(=O)c2cn(Cc3ccccc3)nc2-c2ccccc2)CC1. The van der Waals surface area contributed by atoms with E-state index >= 15 is 0 Å². The number of amides is 1. The van der Waals surface area contributed by atoms with Crippen molar-refractivity contribution < 1.29 is 4.79 Å². The molecule has 0 radical (unpaired) electrons. The van der Waals surface area contributed by atoms with Crippen LogP contribution < -0.4 is 0 Å². The molecule has 2 aromatic carbocycles. The summed E-state index contributed by atoms with van der Waals surface area (Å²) in [6, 6.07) is 20.1. The maximum atomic E-state index is 13.2. The van der Waals surface area contributed by atoms with Crippen molar-refractivity contribution in [3.8, 4) is 11.3 Å². The lowest BCUT2D eigenvalue weighted by Crippen LogP contribution is -2.36. The summed E-state index contributed by atoms with van der Waals surface area (Å²) in [6.45, 7) is 6.15. The molecule has 1 fully saturated rings. The number of benzene rings is 2. The van der Waals surface area contributed by atoms with Gasteiger partial charge in [-0.05, 0) is 18.4 Å². The van der Waals surface area contributed by atoms with Crippen LogP contribution in [0.5, 0.6) is 0 Å². The topological polar surface area (TPSA) is 38.1 Å². The summed E-state index contributed by atoms with van der Waals surface area (Å²) in [6.07, 6.45) is 3.65. The fourth-order valence-corrected chi connectivity index (χ4v) is 3.43. The van der Waals surface area contributed by atoms with Gasteiger partial charge in [0.05, 0.1) is 12.1 Å². The van der Waals surface area contributed by atoms with Crippen molar-refractivity contribution in [1.29, 1.82) is 0 Å². The first-order valence-corrected chi connectivity index (χ1v) is 9.33. The predicted molar refractivity (Wildman–Crippen MR) is 107 cm³/mol. The zero-order chi connectivity index (χ0) is 18.6. The van der Waals surface area contributed by atoms with E-state index in [1.165, 1.54) is 5.57 Å². The van der Waals surface area contributed by atoms with Crippen LogP contribution in [0.3, 0.4) is 0 Å². The highest BCUT2D eigenvalue weighted by Gasteiger charge is 2.25. The third-order valence-electron chi connectivity index (χ3n) is 4.98. The quantitative estimate of drug-likeness (QED) is 0.650. The highest BCUT2D eigenvalue weighted by atomic mass is 16.2. The number of nitrogens with zero attached hydrogens (tertiary/aromatic N) is 3. The first kappa shape index (κ1) is 17.3. The first-order chi connectivity index (χ1) is 13.2. The summed E-state index contributed by atoms with van der Waals surface area (Å²) < 4.78 is 1.87. The molecular weight excluding hydrogens is 334 g/mol. The number of hydrogen-bond acceptors (Lipinski definition) is 2. The van der Waals surface area contributed by atoms with Crippen LogP contribution in [0.2, 0.25) is 0 Å². The van der Waals surface area contributed by atoms with Gasteiger partial charge in [0.25, 0.3) is 5.91 Å². The normalized spacial score (nSPS) is 14.4. The Morgan fingerprint density at radius 2 is 1.59 bits per heavy atom. The molecule has 0 unspecified atom stereocenters. The average Bonchev–Trinajstić information content (AvgIpc) is 3.13. The van der Waals surface area contributed by atoms with E-state index in [0.717, 1.165) is 42.8 Å². The number of likely N-dealkylation sites (tertiary alicyclic amines) is 1. The minimum absolute atomic E-state index is 0.0562. The van der Waals surface area contributed by atoms with Crippen molar-refractivity contribution in [3.05, 3.63) is 90.1 Å². The van der Waals surface area contributed by atoms with Gasteiger partial charge in [-0.3, -0.25) is 9.48 Å². The summed E-state index contributed by atoms with van der Waals surface area (Å²) in [7, 11) is 0. The lowest BCUT2D eigenvalue weighted by molar-refractivity contribution is 0.0744. The molecule has 0 N–H and O–H groups in total. The summed E-state index contributed by atoms with van der Waals surface area (Å²) in [5.74, 6) is 0.0562. The third kappa shape index (κ3) is 3.85. The molecule has 27 heavy (non-hydrogen) atoms. The minimum Gasteiger partial charge on any atom is -0.338 e. The molecule has 1 aliphatic rings. The molecular formula is C23H23N3O. The fourth-order valence-electron chi connectivity index (χ4n) is 3.43. The minimum atomic E-state index is 0.0562. The van der Waals surface area contributed by atoms with Gasteiger partial charge in [0.15, 0.2) is 0 Å². The summed E-state index contributed by atoms with van der Waals surface area (Å²) in [5, 5.41) is 4.76. The van der Waals surface area contributed by atoms with Crippen molar-refractivity contribution in [1.82, 2.24) is 14.7 Å². The molecule has 136 valence electrons. The highest BCUT2D eigenvalue weighted by Crippen LogP contribution is 2.25. The molecule has 0 saturated carbocycles. The molecule has 1 saturated heterocycles. The molecule has 2 heterocycles. The Kier molecular flexibility index (Phi) is 4.88. The first-order valence-electron chi connectivity index (χ1n) is 9.33. The van der Waals surface area contributed by atoms with Gasteiger partial charge in [-0.15, -0.1) is 0 Å². The van der Waals surface area contributed by atoms with Crippen LogP contribution >= 0.6 is 0 Å². The van der Waals surface area contributed by atoms with E-state index in [2.05, 4.69) is 18.7 Å². The molecule has 1 aliphatic heterocycles. The van der Waals surface area contributed by atoms with Crippen molar-refractivity contribution in [2.75, 3.05) is 13.1 Å². The Morgan fingerprint density at radius 3 is 2.26 bits per heavy atom. The van der Waals surface area contributed by atoms with Crippen LogP contribution in [0.1, 0.15) is 28.8 Å². The maximum absolute atomic E-state index is 13.2. The number of hydrogen-bond donors (Lipinski definition) is 0. The van der Waals surface area contributed by atoms with E-state index in [1.54, 1.807) is 0 Å². The number of rotatable bonds is 4. The lowest BCUT2D eigenvalue weighted by Gasteiger charge is -2.27. The van der Waals surface area contributed by atoms with Crippen LogP contribution in [0.25, 0.3) is 11.3 Å². The zero-order valence-corrected chi connectivity index (χ0v) is 15.3. The molecule has 4 rings (SSSR count). The molecule has 1 aromatic heterocycles. The van der Waals surface area contributed by atoms with Gasteiger partial charge < -0.3 is 4.90 Å². The van der Waals surface area contributed by atoms with Gasteiger partial charge >= 0.3 is 0 Å². The van der Waals surface area contributed by atoms with E-state index in [1.807, 2.05) is 64.3 Å². The van der Waals surface area contributed by atoms with Gasteiger partial charge in [-0.25, -0.2) is 0 Å². The number of piperidine rings is 1. The van der Waals surface area contributed by atoms with E-state index in [9.17, 15) is 4.79 Å².